The zero-order chi connectivity index (χ0) is 14.4. The summed E-state index contributed by atoms with van der Waals surface area (Å²) in [6, 6.07) is 8.40. The lowest BCUT2D eigenvalue weighted by Gasteiger charge is -2.27. The van der Waals surface area contributed by atoms with E-state index in [1.807, 2.05) is 24.3 Å². The molecule has 3 heteroatoms. The highest BCUT2D eigenvalue weighted by atomic mass is 16.6. The minimum atomic E-state index is 0.109. The van der Waals surface area contributed by atoms with Crippen molar-refractivity contribution in [1.29, 1.82) is 0 Å². The Hall–Kier alpha value is -1.22. The fourth-order valence-electron chi connectivity index (χ4n) is 2.43. The molecule has 0 aliphatic carbocycles. The molecular weight excluding hydrogens is 250 g/mol. The van der Waals surface area contributed by atoms with Crippen LogP contribution in [0.1, 0.15) is 40.0 Å². The van der Waals surface area contributed by atoms with Crippen LogP contribution < -0.4 is 14.8 Å². The summed E-state index contributed by atoms with van der Waals surface area (Å²) in [5, 5.41) is 3.55. The van der Waals surface area contributed by atoms with E-state index in [9.17, 15) is 0 Å². The average molecular weight is 277 g/mol. The van der Waals surface area contributed by atoms with Gasteiger partial charge < -0.3 is 14.8 Å². The summed E-state index contributed by atoms with van der Waals surface area (Å²) in [4.78, 5) is 0. The van der Waals surface area contributed by atoms with E-state index in [1.54, 1.807) is 0 Å². The van der Waals surface area contributed by atoms with Gasteiger partial charge in [0.15, 0.2) is 11.5 Å². The second-order valence-corrected chi connectivity index (χ2v) is 6.13. The normalized spacial score (nSPS) is 19.1. The zero-order valence-electron chi connectivity index (χ0n) is 12.9. The second-order valence-electron chi connectivity index (χ2n) is 6.13. The summed E-state index contributed by atoms with van der Waals surface area (Å²) in [5.74, 6) is 2.51. The van der Waals surface area contributed by atoms with Crippen LogP contribution in [0, 0.1) is 5.92 Å². The summed E-state index contributed by atoms with van der Waals surface area (Å²) in [6.45, 7) is 8.28. The number of rotatable bonds is 7. The van der Waals surface area contributed by atoms with Crippen molar-refractivity contribution in [1.82, 2.24) is 5.32 Å². The van der Waals surface area contributed by atoms with Crippen LogP contribution in [0.2, 0.25) is 0 Å². The molecule has 1 aromatic rings. The number of hydrogen-bond acceptors (Lipinski definition) is 3. The van der Waals surface area contributed by atoms with E-state index in [1.165, 1.54) is 19.3 Å². The molecule has 112 valence electrons. The first-order chi connectivity index (χ1) is 9.65. The SMILES string of the molecule is CC(C)CCC[C@H](C)NC[C@@H]1COc2ccccc2O1. The molecular formula is C17H27NO2. The Labute approximate surface area is 122 Å². The predicted octanol–water partition coefficient (Wildman–Crippen LogP) is 3.63. The molecule has 2 rings (SSSR count). The fraction of sp³-hybridized carbons (Fsp3) is 0.647. The van der Waals surface area contributed by atoms with Crippen LogP contribution in [0.3, 0.4) is 0 Å². The van der Waals surface area contributed by atoms with Crippen molar-refractivity contribution in [2.24, 2.45) is 5.92 Å². The van der Waals surface area contributed by atoms with Crippen molar-refractivity contribution in [3.63, 3.8) is 0 Å². The van der Waals surface area contributed by atoms with Crippen LogP contribution >= 0.6 is 0 Å². The topological polar surface area (TPSA) is 30.5 Å². The maximum Gasteiger partial charge on any atom is 0.161 e. The molecule has 0 radical (unpaired) electrons. The Kier molecular flexibility index (Phi) is 5.72. The maximum absolute atomic E-state index is 5.94. The standard InChI is InChI=1S/C17H27NO2/c1-13(2)7-6-8-14(3)18-11-15-12-19-16-9-4-5-10-17(16)20-15/h4-5,9-10,13-15,18H,6-8,11-12H2,1-3H3/t14-,15+/m0/s1. The lowest BCUT2D eigenvalue weighted by atomic mass is 10.0. The molecule has 0 spiro atoms. The van der Waals surface area contributed by atoms with E-state index in [0.29, 0.717) is 12.6 Å². The summed E-state index contributed by atoms with van der Waals surface area (Å²) in [7, 11) is 0. The molecule has 1 aliphatic rings. The lowest BCUT2D eigenvalue weighted by Crippen LogP contribution is -2.41. The first-order valence-corrected chi connectivity index (χ1v) is 7.77. The van der Waals surface area contributed by atoms with Gasteiger partial charge in [-0.1, -0.05) is 38.8 Å². The Morgan fingerprint density at radius 3 is 2.65 bits per heavy atom. The minimum Gasteiger partial charge on any atom is -0.486 e. The lowest BCUT2D eigenvalue weighted by molar-refractivity contribution is 0.0882. The first kappa shape index (κ1) is 15.2. The van der Waals surface area contributed by atoms with E-state index in [2.05, 4.69) is 26.1 Å². The molecule has 1 N–H and O–H groups in total. The predicted molar refractivity (Wildman–Crippen MR) is 82.5 cm³/mol. The van der Waals surface area contributed by atoms with Crippen LogP contribution in [0.4, 0.5) is 0 Å². The first-order valence-electron chi connectivity index (χ1n) is 7.77. The van der Waals surface area contributed by atoms with E-state index in [0.717, 1.165) is 24.0 Å². The Bertz CT molecular complexity index is 406. The molecule has 0 saturated heterocycles. The van der Waals surface area contributed by atoms with Gasteiger partial charge in [-0.15, -0.1) is 0 Å². The molecule has 0 saturated carbocycles. The van der Waals surface area contributed by atoms with Crippen molar-refractivity contribution >= 4 is 0 Å². The Morgan fingerprint density at radius 1 is 1.15 bits per heavy atom. The van der Waals surface area contributed by atoms with Gasteiger partial charge in [0.1, 0.15) is 12.7 Å². The largest absolute Gasteiger partial charge is 0.486 e. The third kappa shape index (κ3) is 4.71. The van der Waals surface area contributed by atoms with Gasteiger partial charge in [0.2, 0.25) is 0 Å². The van der Waals surface area contributed by atoms with Crippen LogP contribution in [0.25, 0.3) is 0 Å². The van der Waals surface area contributed by atoms with Crippen LogP contribution in [-0.2, 0) is 0 Å². The van der Waals surface area contributed by atoms with Gasteiger partial charge in [-0.25, -0.2) is 0 Å². The highest BCUT2D eigenvalue weighted by Gasteiger charge is 2.20. The highest BCUT2D eigenvalue weighted by molar-refractivity contribution is 5.40. The van der Waals surface area contributed by atoms with Crippen LogP contribution in [-0.4, -0.2) is 25.3 Å². The van der Waals surface area contributed by atoms with Gasteiger partial charge in [0, 0.05) is 12.6 Å². The molecule has 1 aliphatic heterocycles. The van der Waals surface area contributed by atoms with E-state index in [4.69, 9.17) is 9.47 Å². The van der Waals surface area contributed by atoms with Crippen molar-refractivity contribution < 1.29 is 9.47 Å². The number of para-hydroxylation sites is 2. The van der Waals surface area contributed by atoms with Crippen molar-refractivity contribution in [3.05, 3.63) is 24.3 Å². The van der Waals surface area contributed by atoms with Crippen LogP contribution in [0.15, 0.2) is 24.3 Å². The molecule has 0 bridgehead atoms. The van der Waals surface area contributed by atoms with Gasteiger partial charge in [-0.2, -0.15) is 0 Å². The van der Waals surface area contributed by atoms with Gasteiger partial charge in [-0.3, -0.25) is 0 Å². The van der Waals surface area contributed by atoms with Gasteiger partial charge >= 0.3 is 0 Å². The monoisotopic (exact) mass is 277 g/mol. The van der Waals surface area contributed by atoms with Crippen molar-refractivity contribution in [2.75, 3.05) is 13.2 Å². The molecule has 20 heavy (non-hydrogen) atoms. The van der Waals surface area contributed by atoms with E-state index >= 15 is 0 Å². The van der Waals surface area contributed by atoms with Gasteiger partial charge in [0.05, 0.1) is 0 Å². The number of fused-ring (bicyclic) bond motifs is 1. The molecule has 0 fully saturated rings. The molecule has 0 aromatic heterocycles. The third-order valence-electron chi connectivity index (χ3n) is 3.68. The average Bonchev–Trinajstić information content (AvgIpc) is 2.44. The summed E-state index contributed by atoms with van der Waals surface area (Å²) < 4.78 is 11.7. The second kappa shape index (κ2) is 7.53. The van der Waals surface area contributed by atoms with Crippen LogP contribution in [0.5, 0.6) is 11.5 Å². The zero-order valence-corrected chi connectivity index (χ0v) is 12.9. The molecule has 1 heterocycles. The Balaban J connectivity index is 1.68. The molecule has 0 unspecified atom stereocenters. The third-order valence-corrected chi connectivity index (χ3v) is 3.68. The van der Waals surface area contributed by atoms with Crippen molar-refractivity contribution in [3.8, 4) is 11.5 Å². The molecule has 1 aromatic carbocycles. The number of nitrogens with one attached hydrogen (secondary N) is 1. The number of benzene rings is 1. The highest BCUT2D eigenvalue weighted by Crippen LogP contribution is 2.30. The quantitative estimate of drug-likeness (QED) is 0.825. The fourth-order valence-corrected chi connectivity index (χ4v) is 2.43. The summed E-state index contributed by atoms with van der Waals surface area (Å²) in [6.07, 6.45) is 3.93. The van der Waals surface area contributed by atoms with E-state index in [-0.39, 0.29) is 6.10 Å². The van der Waals surface area contributed by atoms with Gasteiger partial charge in [0.25, 0.3) is 0 Å². The number of hydrogen-bond donors (Lipinski definition) is 1. The maximum atomic E-state index is 5.94. The number of ether oxygens (including phenoxy) is 2. The van der Waals surface area contributed by atoms with Gasteiger partial charge in [-0.05, 0) is 31.4 Å². The summed E-state index contributed by atoms with van der Waals surface area (Å²) >= 11 is 0. The molecule has 2 atom stereocenters. The van der Waals surface area contributed by atoms with E-state index < -0.39 is 0 Å². The van der Waals surface area contributed by atoms with Crippen molar-refractivity contribution in [2.45, 2.75) is 52.2 Å². The molecule has 3 nitrogen and oxygen atoms in total. The minimum absolute atomic E-state index is 0.109. The Morgan fingerprint density at radius 2 is 1.90 bits per heavy atom. The smallest absolute Gasteiger partial charge is 0.161 e. The molecule has 0 amide bonds. The summed E-state index contributed by atoms with van der Waals surface area (Å²) in [5.41, 5.74) is 0.